The van der Waals surface area contributed by atoms with Gasteiger partial charge >= 0.3 is 0 Å². The van der Waals surface area contributed by atoms with Crippen LogP contribution in [-0.4, -0.2) is 22.5 Å². The van der Waals surface area contributed by atoms with Crippen LogP contribution in [-0.2, 0) is 4.79 Å². The van der Waals surface area contributed by atoms with Crippen molar-refractivity contribution in [3.63, 3.8) is 0 Å². The number of hydrogen-bond acceptors (Lipinski definition) is 2. The van der Waals surface area contributed by atoms with E-state index in [9.17, 15) is 4.79 Å². The second-order valence-corrected chi connectivity index (χ2v) is 4.71. The average Bonchev–Trinajstić information content (AvgIpc) is 1.96. The lowest BCUT2D eigenvalue weighted by atomic mass is 9.86. The molecule has 0 aromatic carbocycles. The third-order valence-corrected chi connectivity index (χ3v) is 3.64. The van der Waals surface area contributed by atoms with Gasteiger partial charge in [0.25, 0.3) is 0 Å². The fourth-order valence-electron chi connectivity index (χ4n) is 1.69. The van der Waals surface area contributed by atoms with Gasteiger partial charge in [-0.25, -0.2) is 0 Å². The van der Waals surface area contributed by atoms with Gasteiger partial charge in [-0.1, -0.05) is 16.3 Å². The molecule has 1 aliphatic rings. The number of nitrogens with zero attached hydrogens (tertiary/aromatic N) is 1. The quantitative estimate of drug-likeness (QED) is 0.484. The molecule has 0 bridgehead atoms. The van der Waals surface area contributed by atoms with Crippen LogP contribution in [0.4, 0.5) is 0 Å². The topological polar surface area (TPSA) is 20.3 Å². The summed E-state index contributed by atoms with van der Waals surface area (Å²) in [5, 5.41) is -0.174. The summed E-state index contributed by atoms with van der Waals surface area (Å²) < 4.78 is 2.20. The van der Waals surface area contributed by atoms with Crippen molar-refractivity contribution in [3.8, 4) is 0 Å². The minimum absolute atomic E-state index is 0.0541. The minimum atomic E-state index is -0.174. The first-order chi connectivity index (χ1) is 5.52. The van der Waals surface area contributed by atoms with Crippen molar-refractivity contribution in [3.05, 3.63) is 0 Å². The van der Waals surface area contributed by atoms with Gasteiger partial charge in [0.15, 0.2) is 0 Å². The zero-order valence-corrected chi connectivity index (χ0v) is 9.37. The molecule has 1 fully saturated rings. The van der Waals surface area contributed by atoms with Gasteiger partial charge in [0, 0.05) is 18.5 Å². The Morgan fingerprint density at radius 2 is 2.17 bits per heavy atom. The molecule has 2 nitrogen and oxygen atoms in total. The minimum Gasteiger partial charge on any atom is -0.284 e. The molecule has 0 N–H and O–H groups in total. The monoisotopic (exact) mass is 207 g/mol. The normalized spacial score (nSPS) is 38.2. The van der Waals surface area contributed by atoms with Crippen LogP contribution in [0.25, 0.3) is 0 Å². The third-order valence-electron chi connectivity index (χ3n) is 2.64. The van der Waals surface area contributed by atoms with Crippen molar-refractivity contribution in [1.29, 1.82) is 0 Å². The van der Waals surface area contributed by atoms with Gasteiger partial charge in [-0.05, 0) is 30.9 Å². The highest BCUT2D eigenvalue weighted by Gasteiger charge is 2.32. The Kier molecular flexibility index (Phi) is 3.51. The van der Waals surface area contributed by atoms with E-state index in [-0.39, 0.29) is 11.2 Å². The van der Waals surface area contributed by atoms with E-state index in [2.05, 4.69) is 27.9 Å². The Morgan fingerprint density at radius 1 is 1.58 bits per heavy atom. The molecule has 1 aliphatic heterocycles. The lowest BCUT2D eigenvalue weighted by molar-refractivity contribution is -0.118. The predicted molar refractivity (Wildman–Crippen MR) is 54.0 cm³/mol. The first-order valence-corrected chi connectivity index (χ1v) is 5.12. The summed E-state index contributed by atoms with van der Waals surface area (Å²) in [6, 6.07) is 0.443. The predicted octanol–water partition coefficient (Wildman–Crippen LogP) is 1.89. The molecule has 4 heteroatoms. The molecule has 0 spiro atoms. The Labute approximate surface area is 80.9 Å². The number of halogens is 1. The van der Waals surface area contributed by atoms with E-state index in [1.165, 1.54) is 0 Å². The smallest absolute Gasteiger partial charge is 0.225 e. The molecule has 0 saturated carbocycles. The maximum absolute atomic E-state index is 11.0. The maximum atomic E-state index is 11.0. The van der Waals surface area contributed by atoms with E-state index in [1.807, 2.05) is 0 Å². The number of hydrogen-bond donors (Lipinski definition) is 0. The fourth-order valence-corrected chi connectivity index (χ4v) is 2.45. The van der Waals surface area contributed by atoms with Crippen molar-refractivity contribution >= 4 is 26.2 Å². The van der Waals surface area contributed by atoms with Crippen LogP contribution >= 0.6 is 21.0 Å². The van der Waals surface area contributed by atoms with Crippen LogP contribution in [0.15, 0.2) is 0 Å². The highest BCUT2D eigenvalue weighted by molar-refractivity contribution is 7.13. The van der Waals surface area contributed by atoms with Gasteiger partial charge in [-0.15, -0.1) is 0 Å². The molecule has 0 radical (unpaired) electrons. The molecule has 0 aromatic rings. The number of carbonyl (C=O) groups excluding carboxylic acids is 1. The van der Waals surface area contributed by atoms with Crippen molar-refractivity contribution in [2.75, 3.05) is 6.54 Å². The maximum Gasteiger partial charge on any atom is 0.225 e. The first kappa shape index (κ1) is 10.4. The summed E-state index contributed by atoms with van der Waals surface area (Å²) in [6.45, 7) is 5.13. The van der Waals surface area contributed by atoms with Crippen LogP contribution in [0.5, 0.6) is 0 Å². The Balaban J connectivity index is 2.61. The van der Waals surface area contributed by atoms with E-state index in [4.69, 9.17) is 11.6 Å². The molecule has 0 aliphatic carbocycles. The van der Waals surface area contributed by atoms with Crippen LogP contribution in [0.1, 0.15) is 20.3 Å². The fraction of sp³-hybridized carbons (Fsp3) is 0.875. The molecule has 70 valence electrons. The molecule has 0 aromatic heterocycles. The van der Waals surface area contributed by atoms with E-state index in [1.54, 1.807) is 0 Å². The number of rotatable bonds is 1. The molecule has 1 saturated heterocycles. The number of piperidine rings is 1. The lowest BCUT2D eigenvalue weighted by Gasteiger charge is -2.37. The summed E-state index contributed by atoms with van der Waals surface area (Å²) in [6.07, 6.45) is 0.882. The molecule has 4 unspecified atom stereocenters. The van der Waals surface area contributed by atoms with Crippen molar-refractivity contribution in [2.45, 2.75) is 26.3 Å². The van der Waals surface area contributed by atoms with Crippen LogP contribution < -0.4 is 0 Å². The summed E-state index contributed by atoms with van der Waals surface area (Å²) in [5.74, 6) is 0.433. The summed E-state index contributed by atoms with van der Waals surface area (Å²) in [7, 11) is 2.70. The molecule has 1 heterocycles. The highest BCUT2D eigenvalue weighted by atomic mass is 35.5. The largest absolute Gasteiger partial charge is 0.284 e. The van der Waals surface area contributed by atoms with Gasteiger partial charge in [0.1, 0.15) is 0 Å². The van der Waals surface area contributed by atoms with Gasteiger partial charge in [-0.2, -0.15) is 0 Å². The van der Waals surface area contributed by atoms with E-state index >= 15 is 0 Å². The van der Waals surface area contributed by atoms with E-state index in [0.717, 1.165) is 13.0 Å². The molecular formula is C8H15ClNOP. The van der Waals surface area contributed by atoms with Gasteiger partial charge in [0.05, 0.1) is 0 Å². The van der Waals surface area contributed by atoms with E-state index in [0.29, 0.717) is 12.0 Å². The molecule has 0 amide bonds. The Bertz CT molecular complexity index is 188. The average molecular weight is 208 g/mol. The van der Waals surface area contributed by atoms with Crippen molar-refractivity contribution in [1.82, 2.24) is 4.67 Å². The first-order valence-electron chi connectivity index (χ1n) is 4.23. The second kappa shape index (κ2) is 4.04. The van der Waals surface area contributed by atoms with Crippen molar-refractivity contribution in [2.24, 2.45) is 11.8 Å². The molecule has 12 heavy (non-hydrogen) atoms. The summed E-state index contributed by atoms with van der Waals surface area (Å²) >= 11 is 5.50. The van der Waals surface area contributed by atoms with Crippen LogP contribution in [0.2, 0.25) is 0 Å². The molecule has 1 rings (SSSR count). The standard InChI is InChI=1S/C8H15ClNOP/c1-5-4-10(12)6(2)3-7(5)8(9)11/h5-7H,3-4,12H2,1-2H3. The van der Waals surface area contributed by atoms with Crippen molar-refractivity contribution < 1.29 is 4.79 Å². The third kappa shape index (κ3) is 2.18. The van der Waals surface area contributed by atoms with Gasteiger partial charge < -0.3 is 0 Å². The second-order valence-electron chi connectivity index (χ2n) is 3.67. The Morgan fingerprint density at radius 3 is 2.67 bits per heavy atom. The molecule has 4 atom stereocenters. The Hall–Kier alpha value is 0.350. The SMILES string of the molecule is CC1CN(P)C(C)CC1C(=O)Cl. The zero-order chi connectivity index (χ0) is 9.30. The van der Waals surface area contributed by atoms with Crippen LogP contribution in [0.3, 0.4) is 0 Å². The van der Waals surface area contributed by atoms with E-state index < -0.39 is 0 Å². The molecular weight excluding hydrogens is 193 g/mol. The summed E-state index contributed by atoms with van der Waals surface area (Å²) in [5.41, 5.74) is 0. The van der Waals surface area contributed by atoms with Gasteiger partial charge in [0.2, 0.25) is 5.24 Å². The van der Waals surface area contributed by atoms with Crippen LogP contribution in [0, 0.1) is 11.8 Å². The summed E-state index contributed by atoms with van der Waals surface area (Å²) in [4.78, 5) is 11.0. The lowest BCUT2D eigenvalue weighted by Crippen LogP contribution is -2.41. The highest BCUT2D eigenvalue weighted by Crippen LogP contribution is 2.30. The number of carbonyl (C=O) groups is 1. The van der Waals surface area contributed by atoms with Gasteiger partial charge in [-0.3, -0.25) is 9.46 Å². The zero-order valence-electron chi connectivity index (χ0n) is 7.46.